The number of carboxylic acids is 1. The molecule has 0 bridgehead atoms. The average molecular weight is 301 g/mol. The van der Waals surface area contributed by atoms with E-state index in [4.69, 9.17) is 5.11 Å². The number of hydrogen-bond acceptors (Lipinski definition) is 4. The Kier molecular flexibility index (Phi) is 6.72. The summed E-state index contributed by atoms with van der Waals surface area (Å²) < 4.78 is 0. The van der Waals surface area contributed by atoms with E-state index in [1.165, 1.54) is 0 Å². The van der Waals surface area contributed by atoms with Gasteiger partial charge < -0.3 is 16.6 Å². The summed E-state index contributed by atoms with van der Waals surface area (Å²) in [5.74, 6) is -1.18. The summed E-state index contributed by atoms with van der Waals surface area (Å²) in [4.78, 5) is 27.0. The Hall–Kier alpha value is -2.73. The molecule has 0 fully saturated rings. The molecule has 0 aliphatic heterocycles. The molecule has 1 atom stereocenters. The molecule has 2 rings (SSSR count). The number of rotatable bonds is 6. The number of nitrogens with zero attached hydrogens (tertiary/aromatic N) is 1. The third-order valence-electron chi connectivity index (χ3n) is 3.01. The number of nitrogens with one attached hydrogen (secondary N) is 1. The topological polar surface area (TPSA) is 114 Å². The highest BCUT2D eigenvalue weighted by Gasteiger charge is 2.18. The highest BCUT2D eigenvalue weighted by Crippen LogP contribution is 2.16. The van der Waals surface area contributed by atoms with Crippen LogP contribution in [0.3, 0.4) is 0 Å². The quantitative estimate of drug-likeness (QED) is 0.756. The summed E-state index contributed by atoms with van der Waals surface area (Å²) in [6.07, 6.45) is 3.22. The fourth-order valence-electron chi connectivity index (χ4n) is 2.04. The van der Waals surface area contributed by atoms with Crippen LogP contribution in [0, 0.1) is 0 Å². The smallest absolute Gasteiger partial charge is 0.305 e. The minimum Gasteiger partial charge on any atom is -0.481 e. The number of carbonyl (C=O) groups excluding carboxylic acids is 1. The number of pyridine rings is 1. The monoisotopic (exact) mass is 301 g/mol. The molecule has 1 aromatic heterocycles. The first-order valence-electron chi connectivity index (χ1n) is 6.60. The van der Waals surface area contributed by atoms with Crippen molar-refractivity contribution in [2.45, 2.75) is 18.9 Å². The standard InChI is InChI=1S/C16H16N2O3.H3N/c19-15(9-12-5-2-1-3-6-12)18-14(10-16(20)21)13-7-4-8-17-11-13;/h1-8,11,14H,9-10H2,(H,18,19)(H,20,21);1H3. The Balaban J connectivity index is 0.00000242. The van der Waals surface area contributed by atoms with Gasteiger partial charge in [0, 0.05) is 12.4 Å². The van der Waals surface area contributed by atoms with E-state index in [2.05, 4.69) is 10.3 Å². The van der Waals surface area contributed by atoms with Gasteiger partial charge in [0.2, 0.25) is 5.91 Å². The van der Waals surface area contributed by atoms with Crippen molar-refractivity contribution in [3.05, 3.63) is 66.0 Å². The summed E-state index contributed by atoms with van der Waals surface area (Å²) >= 11 is 0. The van der Waals surface area contributed by atoms with E-state index in [1.54, 1.807) is 24.5 Å². The molecule has 1 amide bonds. The van der Waals surface area contributed by atoms with Crippen molar-refractivity contribution in [2.75, 3.05) is 0 Å². The molecule has 1 aromatic carbocycles. The predicted octanol–water partition coefficient (Wildman–Crippen LogP) is 2.12. The van der Waals surface area contributed by atoms with Gasteiger partial charge in [-0.05, 0) is 17.2 Å². The molecule has 0 aliphatic rings. The Morgan fingerprint density at radius 1 is 1.14 bits per heavy atom. The van der Waals surface area contributed by atoms with Crippen LogP contribution < -0.4 is 11.5 Å². The van der Waals surface area contributed by atoms with Gasteiger partial charge in [0.25, 0.3) is 0 Å². The van der Waals surface area contributed by atoms with Gasteiger partial charge >= 0.3 is 5.97 Å². The fraction of sp³-hybridized carbons (Fsp3) is 0.188. The van der Waals surface area contributed by atoms with E-state index < -0.39 is 12.0 Å². The van der Waals surface area contributed by atoms with E-state index >= 15 is 0 Å². The number of carbonyl (C=O) groups is 2. The Morgan fingerprint density at radius 2 is 1.86 bits per heavy atom. The van der Waals surface area contributed by atoms with Crippen molar-refractivity contribution in [1.29, 1.82) is 0 Å². The maximum atomic E-state index is 12.1. The lowest BCUT2D eigenvalue weighted by atomic mass is 10.1. The minimum absolute atomic E-state index is 0. The molecule has 116 valence electrons. The largest absolute Gasteiger partial charge is 0.481 e. The number of carboxylic acid groups (broad SMARTS) is 1. The molecular weight excluding hydrogens is 282 g/mol. The Bertz CT molecular complexity index is 603. The lowest BCUT2D eigenvalue weighted by Gasteiger charge is -2.17. The van der Waals surface area contributed by atoms with Crippen LogP contribution >= 0.6 is 0 Å². The van der Waals surface area contributed by atoms with Gasteiger partial charge in [-0.15, -0.1) is 0 Å². The third kappa shape index (κ3) is 5.34. The van der Waals surface area contributed by atoms with E-state index in [9.17, 15) is 9.59 Å². The number of benzene rings is 1. The molecule has 0 radical (unpaired) electrons. The Labute approximate surface area is 128 Å². The van der Waals surface area contributed by atoms with Crippen molar-refractivity contribution < 1.29 is 14.7 Å². The van der Waals surface area contributed by atoms with Gasteiger partial charge in [-0.1, -0.05) is 36.4 Å². The van der Waals surface area contributed by atoms with E-state index in [0.29, 0.717) is 5.56 Å². The first kappa shape index (κ1) is 17.3. The zero-order valence-electron chi connectivity index (χ0n) is 12.1. The predicted molar refractivity (Wildman–Crippen MR) is 82.5 cm³/mol. The molecule has 1 heterocycles. The van der Waals surface area contributed by atoms with Crippen LogP contribution in [-0.2, 0) is 16.0 Å². The average Bonchev–Trinajstić information content (AvgIpc) is 2.48. The second-order valence-electron chi connectivity index (χ2n) is 4.67. The number of aromatic nitrogens is 1. The summed E-state index contributed by atoms with van der Waals surface area (Å²) in [6, 6.07) is 12.2. The summed E-state index contributed by atoms with van der Waals surface area (Å²) in [6.45, 7) is 0. The highest BCUT2D eigenvalue weighted by molar-refractivity contribution is 5.80. The van der Waals surface area contributed by atoms with Crippen LogP contribution in [0.5, 0.6) is 0 Å². The van der Waals surface area contributed by atoms with Crippen LogP contribution in [0.15, 0.2) is 54.9 Å². The number of amides is 1. The molecule has 1 unspecified atom stereocenters. The van der Waals surface area contributed by atoms with Gasteiger partial charge in [0.15, 0.2) is 0 Å². The zero-order chi connectivity index (χ0) is 15.1. The molecular formula is C16H19N3O3. The van der Waals surface area contributed by atoms with Gasteiger partial charge in [0.1, 0.15) is 0 Å². The molecule has 6 heteroatoms. The molecule has 5 N–H and O–H groups in total. The second-order valence-corrected chi connectivity index (χ2v) is 4.67. The van der Waals surface area contributed by atoms with Gasteiger partial charge in [-0.25, -0.2) is 0 Å². The summed E-state index contributed by atoms with van der Waals surface area (Å²) in [7, 11) is 0. The van der Waals surface area contributed by atoms with Gasteiger partial charge in [-0.2, -0.15) is 0 Å². The minimum atomic E-state index is -0.969. The van der Waals surface area contributed by atoms with Gasteiger partial charge in [-0.3, -0.25) is 14.6 Å². The SMILES string of the molecule is N.O=C(O)CC(NC(=O)Cc1ccccc1)c1cccnc1. The first-order chi connectivity index (χ1) is 10.1. The molecule has 0 aliphatic carbocycles. The highest BCUT2D eigenvalue weighted by atomic mass is 16.4. The van der Waals surface area contributed by atoms with Crippen molar-refractivity contribution in [3.63, 3.8) is 0 Å². The Morgan fingerprint density at radius 3 is 2.45 bits per heavy atom. The van der Waals surface area contributed by atoms with Crippen LogP contribution in [0.1, 0.15) is 23.6 Å². The number of hydrogen-bond donors (Lipinski definition) is 3. The first-order valence-corrected chi connectivity index (χ1v) is 6.60. The normalized spacial score (nSPS) is 11.1. The molecule has 6 nitrogen and oxygen atoms in total. The van der Waals surface area contributed by atoms with Crippen LogP contribution in [-0.4, -0.2) is 22.0 Å². The van der Waals surface area contributed by atoms with Crippen molar-refractivity contribution in [2.24, 2.45) is 0 Å². The van der Waals surface area contributed by atoms with Crippen LogP contribution in [0.4, 0.5) is 0 Å². The van der Waals surface area contributed by atoms with Crippen molar-refractivity contribution in [1.82, 2.24) is 16.5 Å². The number of aliphatic carboxylic acids is 1. The van der Waals surface area contributed by atoms with E-state index in [0.717, 1.165) is 5.56 Å². The second kappa shape index (κ2) is 8.53. The maximum Gasteiger partial charge on any atom is 0.305 e. The van der Waals surface area contributed by atoms with Crippen molar-refractivity contribution in [3.8, 4) is 0 Å². The lowest BCUT2D eigenvalue weighted by molar-refractivity contribution is -0.137. The van der Waals surface area contributed by atoms with E-state index in [-0.39, 0.29) is 24.9 Å². The third-order valence-corrected chi connectivity index (χ3v) is 3.01. The van der Waals surface area contributed by atoms with Crippen LogP contribution in [0.25, 0.3) is 0 Å². The lowest BCUT2D eigenvalue weighted by Crippen LogP contribution is -2.31. The summed E-state index contributed by atoms with van der Waals surface area (Å²) in [5.41, 5.74) is 1.57. The molecule has 0 saturated heterocycles. The van der Waals surface area contributed by atoms with Crippen LogP contribution in [0.2, 0.25) is 0 Å². The fourth-order valence-corrected chi connectivity index (χ4v) is 2.04. The molecule has 0 spiro atoms. The summed E-state index contributed by atoms with van der Waals surface area (Å²) in [5, 5.41) is 11.7. The maximum absolute atomic E-state index is 12.1. The zero-order valence-corrected chi connectivity index (χ0v) is 12.1. The van der Waals surface area contributed by atoms with E-state index in [1.807, 2.05) is 30.3 Å². The molecule has 22 heavy (non-hydrogen) atoms. The molecule has 2 aromatic rings. The van der Waals surface area contributed by atoms with Gasteiger partial charge in [0.05, 0.1) is 18.9 Å². The molecule has 0 saturated carbocycles. The van der Waals surface area contributed by atoms with Crippen molar-refractivity contribution >= 4 is 11.9 Å².